The Hall–Kier alpha value is -2.42. The summed E-state index contributed by atoms with van der Waals surface area (Å²) in [5, 5.41) is 18.2. The molecule has 0 aliphatic rings. The molecular formula is C25H30O2. The molecule has 2 heteroatoms. The highest BCUT2D eigenvalue weighted by Crippen LogP contribution is 2.27. The van der Waals surface area contributed by atoms with Gasteiger partial charge in [-0.3, -0.25) is 0 Å². The molecule has 0 radical (unpaired) electrons. The molecule has 0 saturated carbocycles. The Labute approximate surface area is 163 Å². The lowest BCUT2D eigenvalue weighted by Gasteiger charge is -2.31. The molecule has 0 aliphatic carbocycles. The number of aryl methyl sites for hydroxylation is 1. The van der Waals surface area contributed by atoms with Gasteiger partial charge >= 0.3 is 0 Å². The van der Waals surface area contributed by atoms with E-state index >= 15 is 0 Å². The zero-order chi connectivity index (χ0) is 20.1. The number of benzene rings is 3. The largest absolute Gasteiger partial charge is 0.387 e. The highest BCUT2D eigenvalue weighted by Gasteiger charge is 2.31. The van der Waals surface area contributed by atoms with Gasteiger partial charge in [-0.15, -0.1) is 0 Å². The summed E-state index contributed by atoms with van der Waals surface area (Å²) in [7, 11) is 0. The molecule has 0 heterocycles. The molecule has 142 valence electrons. The van der Waals surface area contributed by atoms with E-state index < -0.39 is 11.2 Å². The third-order valence-electron chi connectivity index (χ3n) is 4.79. The Morgan fingerprint density at radius 3 is 1.15 bits per heavy atom. The van der Waals surface area contributed by atoms with Gasteiger partial charge in [0.1, 0.15) is 0 Å². The first-order valence-corrected chi connectivity index (χ1v) is 9.25. The van der Waals surface area contributed by atoms with E-state index in [1.165, 1.54) is 27.8 Å². The number of aliphatic hydroxyl groups is 2. The number of hydrogen-bond donors (Lipinski definition) is 2. The van der Waals surface area contributed by atoms with Crippen LogP contribution in [0.2, 0.25) is 0 Å². The summed E-state index contributed by atoms with van der Waals surface area (Å²) in [5.41, 5.74) is 4.37. The van der Waals surface area contributed by atoms with Gasteiger partial charge in [0, 0.05) is 0 Å². The Bertz CT molecular complexity index is 769. The van der Waals surface area contributed by atoms with Gasteiger partial charge in [-0.2, -0.15) is 0 Å². The van der Waals surface area contributed by atoms with E-state index in [1.54, 1.807) is 27.7 Å². The van der Waals surface area contributed by atoms with Crippen LogP contribution in [0.15, 0.2) is 78.9 Å². The zero-order valence-corrected chi connectivity index (χ0v) is 16.9. The maximum absolute atomic E-state index is 9.10. The molecule has 2 nitrogen and oxygen atoms in total. The SMILES string of the molecule is CC(C)(O)C(C)(C)O.Cc1cc(-c2ccccc2)cc(-c2ccccc2)c1. The van der Waals surface area contributed by atoms with Crippen LogP contribution in [0, 0.1) is 6.92 Å². The Balaban J connectivity index is 0.000000279. The average molecular weight is 363 g/mol. The van der Waals surface area contributed by atoms with Gasteiger partial charge in [0.2, 0.25) is 0 Å². The van der Waals surface area contributed by atoms with Crippen LogP contribution in [0.25, 0.3) is 22.3 Å². The normalized spacial score (nSPS) is 11.5. The third kappa shape index (κ3) is 6.06. The maximum Gasteiger partial charge on any atom is 0.0872 e. The number of rotatable bonds is 3. The van der Waals surface area contributed by atoms with Crippen LogP contribution in [0.3, 0.4) is 0 Å². The van der Waals surface area contributed by atoms with Crippen molar-refractivity contribution in [1.29, 1.82) is 0 Å². The van der Waals surface area contributed by atoms with Gasteiger partial charge < -0.3 is 10.2 Å². The molecule has 0 amide bonds. The van der Waals surface area contributed by atoms with Crippen molar-refractivity contribution in [3.05, 3.63) is 84.4 Å². The second kappa shape index (κ2) is 8.51. The van der Waals surface area contributed by atoms with Crippen molar-refractivity contribution in [3.63, 3.8) is 0 Å². The van der Waals surface area contributed by atoms with Gasteiger partial charge in [0.05, 0.1) is 11.2 Å². The first-order valence-electron chi connectivity index (χ1n) is 9.25. The molecular weight excluding hydrogens is 332 g/mol. The van der Waals surface area contributed by atoms with Crippen molar-refractivity contribution >= 4 is 0 Å². The lowest BCUT2D eigenvalue weighted by atomic mass is 9.90. The lowest BCUT2D eigenvalue weighted by molar-refractivity contribution is -0.107. The first kappa shape index (κ1) is 20.9. The highest BCUT2D eigenvalue weighted by molar-refractivity contribution is 5.74. The fraction of sp³-hybridized carbons (Fsp3) is 0.280. The molecule has 2 N–H and O–H groups in total. The second-order valence-corrected chi connectivity index (χ2v) is 7.94. The molecule has 0 bridgehead atoms. The standard InChI is InChI=1S/C19H16.C6H14O2/c1-15-12-18(16-8-4-2-5-9-16)14-19(13-15)17-10-6-3-7-11-17;1-5(2,7)6(3,4)8/h2-14H,1H3;7-8H,1-4H3. The van der Waals surface area contributed by atoms with Crippen LogP contribution >= 0.6 is 0 Å². The van der Waals surface area contributed by atoms with Crippen LogP contribution < -0.4 is 0 Å². The minimum Gasteiger partial charge on any atom is -0.387 e. The Morgan fingerprint density at radius 1 is 0.519 bits per heavy atom. The second-order valence-electron chi connectivity index (χ2n) is 7.94. The zero-order valence-electron chi connectivity index (χ0n) is 16.9. The van der Waals surface area contributed by atoms with E-state index in [9.17, 15) is 0 Å². The summed E-state index contributed by atoms with van der Waals surface area (Å²) >= 11 is 0. The van der Waals surface area contributed by atoms with E-state index in [0.29, 0.717) is 0 Å². The van der Waals surface area contributed by atoms with Crippen molar-refractivity contribution in [2.24, 2.45) is 0 Å². The van der Waals surface area contributed by atoms with Crippen molar-refractivity contribution in [3.8, 4) is 22.3 Å². The number of hydrogen-bond acceptors (Lipinski definition) is 2. The van der Waals surface area contributed by atoms with Crippen LogP contribution in [0.4, 0.5) is 0 Å². The minimum absolute atomic E-state index is 1.01. The topological polar surface area (TPSA) is 40.5 Å². The van der Waals surface area contributed by atoms with E-state index in [1.807, 2.05) is 0 Å². The summed E-state index contributed by atoms with van der Waals surface area (Å²) in [6.07, 6.45) is 0. The van der Waals surface area contributed by atoms with E-state index in [4.69, 9.17) is 10.2 Å². The molecule has 3 rings (SSSR count). The molecule has 0 aromatic heterocycles. The Morgan fingerprint density at radius 2 is 0.852 bits per heavy atom. The average Bonchev–Trinajstić information content (AvgIpc) is 2.61. The highest BCUT2D eigenvalue weighted by atomic mass is 16.3. The van der Waals surface area contributed by atoms with E-state index in [2.05, 4.69) is 85.8 Å². The van der Waals surface area contributed by atoms with Gasteiger partial charge in [-0.25, -0.2) is 0 Å². The quantitative estimate of drug-likeness (QED) is 0.613. The van der Waals surface area contributed by atoms with Crippen molar-refractivity contribution in [1.82, 2.24) is 0 Å². The molecule has 27 heavy (non-hydrogen) atoms. The van der Waals surface area contributed by atoms with Gasteiger partial charge in [0.15, 0.2) is 0 Å². The molecule has 0 aliphatic heterocycles. The monoisotopic (exact) mass is 362 g/mol. The smallest absolute Gasteiger partial charge is 0.0872 e. The van der Waals surface area contributed by atoms with E-state index in [0.717, 1.165) is 0 Å². The predicted octanol–water partition coefficient (Wildman–Crippen LogP) is 5.86. The van der Waals surface area contributed by atoms with Gasteiger partial charge in [0.25, 0.3) is 0 Å². The molecule has 0 fully saturated rings. The summed E-state index contributed by atoms with van der Waals surface area (Å²) in [5.74, 6) is 0. The van der Waals surface area contributed by atoms with Crippen LogP contribution in [-0.4, -0.2) is 21.4 Å². The summed E-state index contributed by atoms with van der Waals surface area (Å²) in [4.78, 5) is 0. The molecule has 0 unspecified atom stereocenters. The van der Waals surface area contributed by atoms with E-state index in [-0.39, 0.29) is 0 Å². The fourth-order valence-corrected chi connectivity index (χ4v) is 2.38. The Kier molecular flexibility index (Phi) is 6.59. The lowest BCUT2D eigenvalue weighted by Crippen LogP contribution is -2.44. The summed E-state index contributed by atoms with van der Waals surface area (Å²) in [6, 6.07) is 27.8. The van der Waals surface area contributed by atoms with Gasteiger partial charge in [-0.1, -0.05) is 72.8 Å². The summed E-state index contributed by atoms with van der Waals surface area (Å²) in [6.45, 7) is 8.46. The first-order chi connectivity index (χ1) is 12.6. The molecule has 0 spiro atoms. The molecule has 3 aromatic carbocycles. The minimum atomic E-state index is -1.01. The molecule has 0 atom stereocenters. The maximum atomic E-state index is 9.10. The third-order valence-corrected chi connectivity index (χ3v) is 4.79. The van der Waals surface area contributed by atoms with Crippen LogP contribution in [0.1, 0.15) is 33.3 Å². The van der Waals surface area contributed by atoms with Crippen molar-refractivity contribution in [2.75, 3.05) is 0 Å². The van der Waals surface area contributed by atoms with Crippen LogP contribution in [0.5, 0.6) is 0 Å². The van der Waals surface area contributed by atoms with Crippen LogP contribution in [-0.2, 0) is 0 Å². The molecule has 0 saturated heterocycles. The van der Waals surface area contributed by atoms with Crippen molar-refractivity contribution in [2.45, 2.75) is 45.8 Å². The summed E-state index contributed by atoms with van der Waals surface area (Å²) < 4.78 is 0. The van der Waals surface area contributed by atoms with Gasteiger partial charge in [-0.05, 0) is 68.5 Å². The van der Waals surface area contributed by atoms with Crippen molar-refractivity contribution < 1.29 is 10.2 Å². The predicted molar refractivity (Wildman–Crippen MR) is 115 cm³/mol. The molecule has 3 aromatic rings. The fourth-order valence-electron chi connectivity index (χ4n) is 2.38.